The summed E-state index contributed by atoms with van der Waals surface area (Å²) in [6, 6.07) is 20.2. The molecule has 0 radical (unpaired) electrons. The number of amides is 2. The standard InChI is InChI=1S/C24H31N3O3/c1-18(2)21(23(28)30-3)25-24(29)27-16-14-26(15-17-27)22(19-10-6-4-7-11-19)20-12-8-5-9-13-20/h4-13,18,21-22H,14-17H2,1-3H3,(H,25,29)/t21-/m0/s1. The van der Waals surface area contributed by atoms with E-state index in [-0.39, 0.29) is 18.0 Å². The van der Waals surface area contributed by atoms with Crippen LogP contribution in [0.25, 0.3) is 0 Å². The van der Waals surface area contributed by atoms with Gasteiger partial charge in [-0.15, -0.1) is 0 Å². The molecule has 0 saturated carbocycles. The lowest BCUT2D eigenvalue weighted by Crippen LogP contribution is -2.56. The highest BCUT2D eigenvalue weighted by molar-refractivity contribution is 5.83. The molecule has 6 nitrogen and oxygen atoms in total. The van der Waals surface area contributed by atoms with E-state index in [4.69, 9.17) is 4.74 Å². The van der Waals surface area contributed by atoms with E-state index in [2.05, 4.69) is 58.7 Å². The first-order chi connectivity index (χ1) is 14.5. The highest BCUT2D eigenvalue weighted by Crippen LogP contribution is 2.29. The zero-order valence-corrected chi connectivity index (χ0v) is 18.0. The number of carbonyl (C=O) groups excluding carboxylic acids is 2. The number of methoxy groups -OCH3 is 1. The van der Waals surface area contributed by atoms with Gasteiger partial charge in [0, 0.05) is 26.2 Å². The Morgan fingerprint density at radius 1 is 0.867 bits per heavy atom. The Balaban J connectivity index is 1.68. The Labute approximate surface area is 178 Å². The predicted octanol–water partition coefficient (Wildman–Crippen LogP) is 3.30. The van der Waals surface area contributed by atoms with Crippen molar-refractivity contribution in [2.45, 2.75) is 25.9 Å². The van der Waals surface area contributed by atoms with Crippen molar-refractivity contribution in [3.8, 4) is 0 Å². The van der Waals surface area contributed by atoms with Crippen LogP contribution in [-0.2, 0) is 9.53 Å². The largest absolute Gasteiger partial charge is 0.467 e. The first kappa shape index (κ1) is 21.8. The molecule has 0 unspecified atom stereocenters. The topological polar surface area (TPSA) is 61.9 Å². The van der Waals surface area contributed by atoms with Gasteiger partial charge in [-0.2, -0.15) is 0 Å². The lowest BCUT2D eigenvalue weighted by Gasteiger charge is -2.40. The third-order valence-corrected chi connectivity index (χ3v) is 5.60. The molecular weight excluding hydrogens is 378 g/mol. The van der Waals surface area contributed by atoms with Crippen LogP contribution < -0.4 is 5.32 Å². The minimum atomic E-state index is -0.637. The van der Waals surface area contributed by atoms with Gasteiger partial charge in [-0.1, -0.05) is 74.5 Å². The number of carbonyl (C=O) groups is 2. The number of nitrogens with zero attached hydrogens (tertiary/aromatic N) is 2. The number of piperazine rings is 1. The number of nitrogens with one attached hydrogen (secondary N) is 1. The summed E-state index contributed by atoms with van der Waals surface area (Å²) < 4.78 is 4.83. The van der Waals surface area contributed by atoms with Crippen molar-refractivity contribution in [1.29, 1.82) is 0 Å². The fraction of sp³-hybridized carbons (Fsp3) is 0.417. The fourth-order valence-electron chi connectivity index (χ4n) is 3.92. The van der Waals surface area contributed by atoms with Gasteiger partial charge in [-0.3, -0.25) is 4.90 Å². The monoisotopic (exact) mass is 409 g/mol. The van der Waals surface area contributed by atoms with Crippen LogP contribution in [-0.4, -0.2) is 61.1 Å². The van der Waals surface area contributed by atoms with Crippen molar-refractivity contribution in [3.05, 3.63) is 71.8 Å². The normalized spacial score (nSPS) is 15.8. The number of benzene rings is 2. The molecular formula is C24H31N3O3. The Hall–Kier alpha value is -2.86. The molecule has 2 amide bonds. The maximum absolute atomic E-state index is 12.7. The summed E-state index contributed by atoms with van der Waals surface area (Å²) in [5, 5.41) is 2.84. The highest BCUT2D eigenvalue weighted by Gasteiger charge is 2.31. The molecule has 3 rings (SSSR count). The van der Waals surface area contributed by atoms with Crippen LogP contribution in [0.4, 0.5) is 4.79 Å². The number of hydrogen-bond acceptors (Lipinski definition) is 4. The Morgan fingerprint density at radius 2 is 1.37 bits per heavy atom. The first-order valence-corrected chi connectivity index (χ1v) is 10.5. The van der Waals surface area contributed by atoms with E-state index in [9.17, 15) is 9.59 Å². The molecule has 6 heteroatoms. The third-order valence-electron chi connectivity index (χ3n) is 5.60. The molecule has 1 saturated heterocycles. The lowest BCUT2D eigenvalue weighted by molar-refractivity contribution is -0.144. The van der Waals surface area contributed by atoms with E-state index in [0.29, 0.717) is 13.1 Å². The van der Waals surface area contributed by atoms with Crippen molar-refractivity contribution in [2.75, 3.05) is 33.3 Å². The average Bonchev–Trinajstić information content (AvgIpc) is 2.78. The fourth-order valence-corrected chi connectivity index (χ4v) is 3.92. The maximum atomic E-state index is 12.7. The Kier molecular flexibility index (Phi) is 7.46. The van der Waals surface area contributed by atoms with E-state index in [0.717, 1.165) is 13.1 Å². The second kappa shape index (κ2) is 10.3. The van der Waals surface area contributed by atoms with Gasteiger partial charge in [0.25, 0.3) is 0 Å². The summed E-state index contributed by atoms with van der Waals surface area (Å²) in [6.07, 6.45) is 0. The molecule has 0 spiro atoms. The van der Waals surface area contributed by atoms with Gasteiger partial charge >= 0.3 is 12.0 Å². The van der Waals surface area contributed by atoms with E-state index >= 15 is 0 Å². The van der Waals surface area contributed by atoms with Crippen molar-refractivity contribution < 1.29 is 14.3 Å². The van der Waals surface area contributed by atoms with E-state index in [1.54, 1.807) is 4.90 Å². The zero-order valence-electron chi connectivity index (χ0n) is 18.0. The van der Waals surface area contributed by atoms with Gasteiger partial charge in [0.2, 0.25) is 0 Å². The van der Waals surface area contributed by atoms with Gasteiger partial charge in [-0.25, -0.2) is 9.59 Å². The summed E-state index contributed by atoms with van der Waals surface area (Å²) in [5.74, 6) is -0.451. The van der Waals surface area contributed by atoms with E-state index < -0.39 is 12.0 Å². The Bertz CT molecular complexity index is 779. The number of urea groups is 1. The van der Waals surface area contributed by atoms with Crippen molar-refractivity contribution in [2.24, 2.45) is 5.92 Å². The van der Waals surface area contributed by atoms with E-state index in [1.807, 2.05) is 26.0 Å². The Morgan fingerprint density at radius 3 is 1.80 bits per heavy atom. The second-order valence-electron chi connectivity index (χ2n) is 7.94. The molecule has 0 bridgehead atoms. The molecule has 1 aliphatic heterocycles. The molecule has 0 aromatic heterocycles. The number of rotatable bonds is 6. The summed E-state index contributed by atoms with van der Waals surface area (Å²) >= 11 is 0. The molecule has 1 fully saturated rings. The molecule has 2 aromatic rings. The number of esters is 1. The van der Waals surface area contributed by atoms with Crippen molar-refractivity contribution >= 4 is 12.0 Å². The second-order valence-corrected chi connectivity index (χ2v) is 7.94. The molecule has 160 valence electrons. The molecule has 1 heterocycles. The summed E-state index contributed by atoms with van der Waals surface area (Å²) in [7, 11) is 1.34. The van der Waals surface area contributed by atoms with Gasteiger partial charge in [-0.05, 0) is 17.0 Å². The zero-order chi connectivity index (χ0) is 21.5. The molecule has 30 heavy (non-hydrogen) atoms. The van der Waals surface area contributed by atoms with E-state index in [1.165, 1.54) is 18.2 Å². The van der Waals surface area contributed by atoms with Crippen LogP contribution in [0, 0.1) is 5.92 Å². The number of hydrogen-bond donors (Lipinski definition) is 1. The molecule has 1 N–H and O–H groups in total. The smallest absolute Gasteiger partial charge is 0.328 e. The van der Waals surface area contributed by atoms with Crippen LogP contribution in [0.15, 0.2) is 60.7 Å². The van der Waals surface area contributed by atoms with Gasteiger partial charge < -0.3 is 15.0 Å². The third kappa shape index (κ3) is 5.19. The average molecular weight is 410 g/mol. The number of ether oxygens (including phenoxy) is 1. The highest BCUT2D eigenvalue weighted by atomic mass is 16.5. The van der Waals surface area contributed by atoms with Crippen LogP contribution in [0.2, 0.25) is 0 Å². The first-order valence-electron chi connectivity index (χ1n) is 10.5. The minimum absolute atomic E-state index is 0.0387. The van der Waals surface area contributed by atoms with Crippen molar-refractivity contribution in [1.82, 2.24) is 15.1 Å². The summed E-state index contributed by atoms with van der Waals surface area (Å²) in [4.78, 5) is 28.9. The maximum Gasteiger partial charge on any atom is 0.328 e. The van der Waals surface area contributed by atoms with Crippen LogP contribution in [0.5, 0.6) is 0 Å². The van der Waals surface area contributed by atoms with Gasteiger partial charge in [0.15, 0.2) is 0 Å². The van der Waals surface area contributed by atoms with Crippen LogP contribution >= 0.6 is 0 Å². The molecule has 0 aliphatic carbocycles. The summed E-state index contributed by atoms with van der Waals surface area (Å²) in [6.45, 7) is 6.51. The quantitative estimate of drug-likeness (QED) is 0.744. The molecule has 1 atom stereocenters. The minimum Gasteiger partial charge on any atom is -0.467 e. The van der Waals surface area contributed by atoms with Crippen LogP contribution in [0.3, 0.4) is 0 Å². The molecule has 1 aliphatic rings. The summed E-state index contributed by atoms with van der Waals surface area (Å²) in [5.41, 5.74) is 2.49. The van der Waals surface area contributed by atoms with Gasteiger partial charge in [0.05, 0.1) is 13.2 Å². The lowest BCUT2D eigenvalue weighted by atomic mass is 9.96. The van der Waals surface area contributed by atoms with Gasteiger partial charge in [0.1, 0.15) is 6.04 Å². The molecule has 2 aromatic carbocycles. The van der Waals surface area contributed by atoms with Crippen molar-refractivity contribution in [3.63, 3.8) is 0 Å². The SMILES string of the molecule is COC(=O)[C@@H](NC(=O)N1CCN(C(c2ccccc2)c2ccccc2)CC1)C(C)C. The van der Waals surface area contributed by atoms with Crippen LogP contribution in [0.1, 0.15) is 31.0 Å². The predicted molar refractivity (Wildman–Crippen MR) is 117 cm³/mol.